The van der Waals surface area contributed by atoms with Crippen LogP contribution in [-0.2, 0) is 14.3 Å². The Morgan fingerprint density at radius 2 is 1.93 bits per heavy atom. The topological polar surface area (TPSA) is 93.5 Å². The third-order valence-electron chi connectivity index (χ3n) is 5.08. The number of hydrogen-bond acceptors (Lipinski definition) is 6. The maximum absolute atomic E-state index is 11.3. The van der Waals surface area contributed by atoms with Crippen molar-refractivity contribution in [3.63, 3.8) is 0 Å². The number of hydrogen-bond donors (Lipinski definition) is 3. The van der Waals surface area contributed by atoms with Gasteiger partial charge in [-0.2, -0.15) is 0 Å². The van der Waals surface area contributed by atoms with Crippen LogP contribution in [-0.4, -0.2) is 38.5 Å². The molecule has 158 valence electrons. The monoisotopic (exact) mass is 425 g/mol. The molecule has 1 fully saturated rings. The van der Waals surface area contributed by atoms with E-state index in [9.17, 15) is 9.59 Å². The highest BCUT2D eigenvalue weighted by molar-refractivity contribution is 7.22. The Kier molecular flexibility index (Phi) is 7.57. The summed E-state index contributed by atoms with van der Waals surface area (Å²) < 4.78 is 6.34. The van der Waals surface area contributed by atoms with E-state index in [1.54, 1.807) is 23.5 Å². The van der Waals surface area contributed by atoms with Gasteiger partial charge in [-0.25, -0.2) is 0 Å². The number of thiophene rings is 1. The summed E-state index contributed by atoms with van der Waals surface area (Å²) in [7, 11) is 2.01. The number of benzene rings is 2. The first-order valence-corrected chi connectivity index (χ1v) is 10.7. The number of aryl methyl sites for hydroxylation is 1. The Labute approximate surface area is 180 Å². The van der Waals surface area contributed by atoms with Crippen molar-refractivity contribution in [3.05, 3.63) is 48.0 Å². The molecule has 0 aliphatic carbocycles. The average molecular weight is 426 g/mol. The highest BCUT2D eigenvalue weighted by atomic mass is 32.1. The maximum Gasteiger partial charge on any atom is 0.288 e. The minimum atomic E-state index is -0.675. The quantitative estimate of drug-likeness (QED) is 0.334. The number of carbonyl (C=O) groups is 2. The standard InChI is InChI=1S/C17H14N2O2S.C6H13NO/c1-10-6-12(19-16(21)9-20)8-13(17(10)18)15-7-11-4-2-3-5-14(11)22-15;1-7-6-2-4-8-5-3-6/h2-9H,18H2,1H3,(H,19,21);6-7H,2-5H2,1H3. The minimum Gasteiger partial charge on any atom is -0.398 e. The van der Waals surface area contributed by atoms with E-state index < -0.39 is 5.91 Å². The molecule has 1 amide bonds. The Morgan fingerprint density at radius 1 is 1.20 bits per heavy atom. The zero-order valence-corrected chi connectivity index (χ0v) is 18.1. The second-order valence-corrected chi connectivity index (χ2v) is 8.27. The molecule has 0 spiro atoms. The van der Waals surface area contributed by atoms with Gasteiger partial charge in [-0.3, -0.25) is 9.59 Å². The van der Waals surface area contributed by atoms with Gasteiger partial charge < -0.3 is 21.1 Å². The van der Waals surface area contributed by atoms with Gasteiger partial charge in [0.1, 0.15) is 0 Å². The molecule has 7 heteroatoms. The van der Waals surface area contributed by atoms with Crippen LogP contribution in [0, 0.1) is 6.92 Å². The van der Waals surface area contributed by atoms with Crippen molar-refractivity contribution in [1.82, 2.24) is 5.32 Å². The van der Waals surface area contributed by atoms with Gasteiger partial charge in [-0.1, -0.05) is 18.2 Å². The molecular weight excluding hydrogens is 398 g/mol. The molecule has 0 saturated carbocycles. The lowest BCUT2D eigenvalue weighted by Crippen LogP contribution is -2.31. The van der Waals surface area contributed by atoms with Gasteiger partial charge in [0.05, 0.1) is 0 Å². The van der Waals surface area contributed by atoms with Crippen LogP contribution in [0.3, 0.4) is 0 Å². The first-order valence-electron chi connectivity index (χ1n) is 9.92. The Morgan fingerprint density at radius 3 is 2.57 bits per heavy atom. The number of rotatable bonds is 4. The van der Waals surface area contributed by atoms with Gasteiger partial charge in [0.15, 0.2) is 0 Å². The lowest BCUT2D eigenvalue weighted by molar-refractivity contribution is -0.127. The highest BCUT2D eigenvalue weighted by Gasteiger charge is 2.12. The molecule has 3 aromatic rings. The summed E-state index contributed by atoms with van der Waals surface area (Å²) in [5, 5.41) is 6.92. The molecule has 2 aromatic carbocycles. The predicted molar refractivity (Wildman–Crippen MR) is 124 cm³/mol. The molecule has 1 aliphatic heterocycles. The van der Waals surface area contributed by atoms with Crippen molar-refractivity contribution in [2.24, 2.45) is 0 Å². The van der Waals surface area contributed by atoms with Gasteiger partial charge in [-0.05, 0) is 62.0 Å². The number of carbonyl (C=O) groups excluding carboxylic acids is 2. The Hall–Kier alpha value is -2.74. The minimum absolute atomic E-state index is 0.255. The fraction of sp³-hybridized carbons (Fsp3) is 0.304. The van der Waals surface area contributed by atoms with Crippen LogP contribution >= 0.6 is 11.3 Å². The van der Waals surface area contributed by atoms with Crippen LogP contribution in [0.25, 0.3) is 20.5 Å². The van der Waals surface area contributed by atoms with Crippen LogP contribution in [0.2, 0.25) is 0 Å². The van der Waals surface area contributed by atoms with E-state index in [0.717, 1.165) is 34.6 Å². The third kappa shape index (κ3) is 5.44. The first-order chi connectivity index (χ1) is 14.5. The van der Waals surface area contributed by atoms with E-state index in [0.29, 0.717) is 17.4 Å². The van der Waals surface area contributed by atoms with Crippen molar-refractivity contribution in [3.8, 4) is 10.4 Å². The smallest absolute Gasteiger partial charge is 0.288 e. The van der Waals surface area contributed by atoms with Gasteiger partial charge in [0.2, 0.25) is 6.29 Å². The molecule has 1 aliphatic rings. The zero-order chi connectivity index (χ0) is 21.5. The SMILES string of the molecule is CNC1CCOCC1.Cc1cc(NC(=O)C=O)cc(-c2cc3ccccc3s2)c1N. The number of nitrogens with two attached hydrogens (primary N) is 1. The number of amides is 1. The van der Waals surface area contributed by atoms with Crippen molar-refractivity contribution in [2.75, 3.05) is 31.3 Å². The van der Waals surface area contributed by atoms with Crippen molar-refractivity contribution in [2.45, 2.75) is 25.8 Å². The summed E-state index contributed by atoms with van der Waals surface area (Å²) >= 11 is 1.64. The maximum atomic E-state index is 11.3. The van der Waals surface area contributed by atoms with Crippen LogP contribution in [0.4, 0.5) is 11.4 Å². The summed E-state index contributed by atoms with van der Waals surface area (Å²) in [6.07, 6.45) is 2.61. The zero-order valence-electron chi connectivity index (χ0n) is 17.2. The molecule has 1 aromatic heterocycles. The van der Waals surface area contributed by atoms with Gasteiger partial charge >= 0.3 is 0 Å². The lowest BCUT2D eigenvalue weighted by atomic mass is 10.0. The Bertz CT molecular complexity index is 993. The second kappa shape index (κ2) is 10.3. The molecule has 4 rings (SSSR count). The number of nitrogen functional groups attached to an aromatic ring is 1. The number of nitrogens with one attached hydrogen (secondary N) is 2. The molecule has 2 heterocycles. The highest BCUT2D eigenvalue weighted by Crippen LogP contribution is 2.38. The fourth-order valence-corrected chi connectivity index (χ4v) is 4.44. The number of anilines is 2. The lowest BCUT2D eigenvalue weighted by Gasteiger charge is -2.20. The normalized spacial score (nSPS) is 14.1. The van der Waals surface area contributed by atoms with Crippen molar-refractivity contribution < 1.29 is 14.3 Å². The van der Waals surface area contributed by atoms with E-state index in [4.69, 9.17) is 10.5 Å². The van der Waals surface area contributed by atoms with Crippen LogP contribution < -0.4 is 16.4 Å². The van der Waals surface area contributed by atoms with Crippen LogP contribution in [0.5, 0.6) is 0 Å². The third-order valence-corrected chi connectivity index (χ3v) is 6.23. The van der Waals surface area contributed by atoms with E-state index in [-0.39, 0.29) is 6.29 Å². The molecule has 0 bridgehead atoms. The van der Waals surface area contributed by atoms with Gasteiger partial charge in [0.25, 0.3) is 5.91 Å². The fourth-order valence-electron chi connectivity index (χ4n) is 3.35. The summed E-state index contributed by atoms with van der Waals surface area (Å²) in [5.41, 5.74) is 9.16. The molecule has 0 unspecified atom stereocenters. The Balaban J connectivity index is 0.000000269. The van der Waals surface area contributed by atoms with E-state index in [2.05, 4.69) is 28.8 Å². The summed E-state index contributed by atoms with van der Waals surface area (Å²) in [4.78, 5) is 22.8. The molecule has 4 N–H and O–H groups in total. The molecule has 6 nitrogen and oxygen atoms in total. The first kappa shape index (κ1) is 22.0. The van der Waals surface area contributed by atoms with Crippen molar-refractivity contribution in [1.29, 1.82) is 0 Å². The van der Waals surface area contributed by atoms with E-state index in [1.807, 2.05) is 26.1 Å². The van der Waals surface area contributed by atoms with Crippen LogP contribution in [0.15, 0.2) is 42.5 Å². The molecule has 0 atom stereocenters. The molecule has 0 radical (unpaired) electrons. The summed E-state index contributed by atoms with van der Waals surface area (Å²) in [6.45, 7) is 3.75. The van der Waals surface area contributed by atoms with E-state index >= 15 is 0 Å². The largest absolute Gasteiger partial charge is 0.398 e. The van der Waals surface area contributed by atoms with Crippen LogP contribution in [0.1, 0.15) is 18.4 Å². The second-order valence-electron chi connectivity index (χ2n) is 7.19. The number of fused-ring (bicyclic) bond motifs is 1. The van der Waals surface area contributed by atoms with Gasteiger partial charge in [-0.15, -0.1) is 11.3 Å². The number of aldehydes is 1. The molecular formula is C23H27N3O3S. The number of ether oxygens (including phenoxy) is 1. The summed E-state index contributed by atoms with van der Waals surface area (Å²) in [6, 6.07) is 14.5. The van der Waals surface area contributed by atoms with Crippen molar-refractivity contribution >= 4 is 45.0 Å². The predicted octanol–water partition coefficient (Wildman–Crippen LogP) is 3.98. The average Bonchev–Trinajstić information content (AvgIpc) is 3.21. The summed E-state index contributed by atoms with van der Waals surface area (Å²) in [5.74, 6) is -0.675. The molecule has 1 saturated heterocycles. The molecule has 30 heavy (non-hydrogen) atoms. The van der Waals surface area contributed by atoms with Gasteiger partial charge in [0, 0.05) is 45.8 Å². The van der Waals surface area contributed by atoms with E-state index in [1.165, 1.54) is 17.5 Å².